The van der Waals surface area contributed by atoms with E-state index in [1.165, 1.54) is 5.56 Å². The molecule has 0 saturated carbocycles. The molecule has 3 aromatic rings. The topological polar surface area (TPSA) is 72.8 Å². The first-order valence-corrected chi connectivity index (χ1v) is 12.0. The Labute approximate surface area is 206 Å². The Morgan fingerprint density at radius 2 is 1.86 bits per heavy atom. The molecule has 6 nitrogen and oxygen atoms in total. The molecule has 0 atom stereocenters. The number of anilines is 1. The summed E-state index contributed by atoms with van der Waals surface area (Å²) in [4.78, 5) is 21.9. The van der Waals surface area contributed by atoms with Crippen LogP contribution in [0.15, 0.2) is 59.9 Å². The molecule has 1 aromatic heterocycles. The number of methoxy groups -OCH3 is 1. The van der Waals surface area contributed by atoms with Gasteiger partial charge in [-0.25, -0.2) is 0 Å². The van der Waals surface area contributed by atoms with Gasteiger partial charge in [-0.3, -0.25) is 14.8 Å². The zero-order valence-corrected chi connectivity index (χ0v) is 20.9. The van der Waals surface area contributed by atoms with Crippen LogP contribution in [0, 0.1) is 0 Å². The number of carbonyl (C=O) groups excluding carboxylic acids is 1. The van der Waals surface area contributed by atoms with Crippen molar-refractivity contribution in [3.63, 3.8) is 0 Å². The summed E-state index contributed by atoms with van der Waals surface area (Å²) in [7, 11) is 1.69. The van der Waals surface area contributed by atoms with Crippen molar-refractivity contribution in [2.24, 2.45) is 4.99 Å². The summed E-state index contributed by atoms with van der Waals surface area (Å²) in [5.74, 6) is 1.52. The molecule has 35 heavy (non-hydrogen) atoms. The summed E-state index contributed by atoms with van der Waals surface area (Å²) in [6.07, 6.45) is 5.29. The van der Waals surface area contributed by atoms with Crippen molar-refractivity contribution in [3.05, 3.63) is 82.7 Å². The summed E-state index contributed by atoms with van der Waals surface area (Å²) in [6, 6.07) is 13.7. The molecular weight excluding hydrogens is 438 g/mol. The zero-order valence-electron chi connectivity index (χ0n) is 20.9. The van der Waals surface area contributed by atoms with E-state index in [9.17, 15) is 4.79 Å². The van der Waals surface area contributed by atoms with E-state index < -0.39 is 0 Å². The van der Waals surface area contributed by atoms with Crippen molar-refractivity contribution in [3.8, 4) is 11.5 Å². The Morgan fingerprint density at radius 1 is 1.09 bits per heavy atom. The van der Waals surface area contributed by atoms with Crippen LogP contribution in [0.3, 0.4) is 0 Å². The second-order valence-corrected chi connectivity index (χ2v) is 10.6. The van der Waals surface area contributed by atoms with E-state index in [2.05, 4.69) is 50.1 Å². The van der Waals surface area contributed by atoms with Gasteiger partial charge in [-0.1, -0.05) is 12.1 Å². The number of nitrogens with zero attached hydrogens (tertiary/aromatic N) is 2. The van der Waals surface area contributed by atoms with Crippen LogP contribution in [0.5, 0.6) is 11.5 Å². The van der Waals surface area contributed by atoms with Crippen molar-refractivity contribution in [1.82, 2.24) is 4.98 Å². The molecule has 2 aliphatic rings. The molecular formula is C29H31N3O3. The number of amides is 1. The Kier molecular flexibility index (Phi) is 5.62. The van der Waals surface area contributed by atoms with Gasteiger partial charge in [0.05, 0.1) is 24.8 Å². The summed E-state index contributed by atoms with van der Waals surface area (Å²) in [6.45, 7) is 8.50. The number of carbonyl (C=O) groups is 1. The number of rotatable bonds is 5. The monoisotopic (exact) mass is 469 g/mol. The van der Waals surface area contributed by atoms with Gasteiger partial charge in [0.1, 0.15) is 5.60 Å². The molecule has 0 saturated heterocycles. The second kappa shape index (κ2) is 8.52. The molecule has 0 aliphatic carbocycles. The van der Waals surface area contributed by atoms with Crippen LogP contribution in [0.1, 0.15) is 55.5 Å². The Balaban J connectivity index is 1.53. The molecule has 0 bridgehead atoms. The normalized spacial score (nSPS) is 17.0. The first-order chi connectivity index (χ1) is 16.6. The number of benzene rings is 2. The third-order valence-electron chi connectivity index (χ3n) is 6.43. The van der Waals surface area contributed by atoms with E-state index in [1.807, 2.05) is 30.3 Å². The van der Waals surface area contributed by atoms with Gasteiger partial charge in [0.25, 0.3) is 0 Å². The average molecular weight is 470 g/mol. The summed E-state index contributed by atoms with van der Waals surface area (Å²) < 4.78 is 12.0. The maximum Gasteiger partial charge on any atom is 0.228 e. The molecule has 5 rings (SSSR count). The number of ether oxygens (including phenoxy) is 2. The lowest BCUT2D eigenvalue weighted by Gasteiger charge is -2.31. The molecule has 3 heterocycles. The van der Waals surface area contributed by atoms with E-state index in [0.29, 0.717) is 6.42 Å². The predicted octanol–water partition coefficient (Wildman–Crippen LogP) is 5.16. The van der Waals surface area contributed by atoms with Crippen LogP contribution in [0.2, 0.25) is 0 Å². The van der Waals surface area contributed by atoms with E-state index in [1.54, 1.807) is 19.5 Å². The van der Waals surface area contributed by atoms with E-state index in [4.69, 9.17) is 14.5 Å². The van der Waals surface area contributed by atoms with Crippen LogP contribution in [0.25, 0.3) is 0 Å². The molecule has 2 aliphatic heterocycles. The molecule has 2 aromatic carbocycles. The fourth-order valence-corrected chi connectivity index (χ4v) is 5.07. The van der Waals surface area contributed by atoms with Crippen LogP contribution >= 0.6 is 0 Å². The minimum Gasteiger partial charge on any atom is -0.493 e. The van der Waals surface area contributed by atoms with Gasteiger partial charge >= 0.3 is 0 Å². The van der Waals surface area contributed by atoms with E-state index in [-0.39, 0.29) is 17.0 Å². The SMILES string of the molecule is COc1cc2c(c3c1OC(C)(C)C3)C(c1cccc(NC(=O)Cc3ccncc3)c1)=NC(C)(C)C2. The number of hydrogen-bond acceptors (Lipinski definition) is 5. The van der Waals surface area contributed by atoms with Crippen molar-refractivity contribution in [2.75, 3.05) is 12.4 Å². The second-order valence-electron chi connectivity index (χ2n) is 10.6. The van der Waals surface area contributed by atoms with Gasteiger partial charge in [-0.2, -0.15) is 0 Å². The minimum atomic E-state index is -0.314. The van der Waals surface area contributed by atoms with Gasteiger partial charge < -0.3 is 14.8 Å². The standard InChI is InChI=1S/C29H31N3O3/c1-28(2)16-20-15-23(34-5)27-22(17-29(3,4)35-27)25(20)26(32-28)19-7-6-8-21(14-19)31-24(33)13-18-9-11-30-12-10-18/h6-12,14-15H,13,16-17H2,1-5H3,(H,31,33). The number of pyridine rings is 1. The van der Waals surface area contributed by atoms with Gasteiger partial charge in [0.15, 0.2) is 11.5 Å². The zero-order chi connectivity index (χ0) is 24.8. The summed E-state index contributed by atoms with van der Waals surface area (Å²) in [5.41, 5.74) is 6.48. The van der Waals surface area contributed by atoms with E-state index in [0.717, 1.165) is 58.0 Å². The first-order valence-electron chi connectivity index (χ1n) is 12.0. The predicted molar refractivity (Wildman–Crippen MR) is 138 cm³/mol. The van der Waals surface area contributed by atoms with Crippen LogP contribution in [-0.2, 0) is 24.1 Å². The largest absolute Gasteiger partial charge is 0.493 e. The fourth-order valence-electron chi connectivity index (χ4n) is 5.07. The molecule has 0 spiro atoms. The Hall–Kier alpha value is -3.67. The van der Waals surface area contributed by atoms with Gasteiger partial charge in [0.2, 0.25) is 5.91 Å². The van der Waals surface area contributed by atoms with Crippen molar-refractivity contribution >= 4 is 17.3 Å². The third kappa shape index (κ3) is 4.65. The van der Waals surface area contributed by atoms with E-state index >= 15 is 0 Å². The number of aliphatic imine (C=N–C) groups is 1. The summed E-state index contributed by atoms with van der Waals surface area (Å²) >= 11 is 0. The highest BCUT2D eigenvalue weighted by molar-refractivity contribution is 6.16. The Morgan fingerprint density at radius 3 is 2.60 bits per heavy atom. The number of hydrogen-bond donors (Lipinski definition) is 1. The molecule has 0 unspecified atom stereocenters. The van der Waals surface area contributed by atoms with Gasteiger partial charge in [-0.05, 0) is 75.6 Å². The smallest absolute Gasteiger partial charge is 0.228 e. The third-order valence-corrected chi connectivity index (χ3v) is 6.43. The maximum atomic E-state index is 12.7. The van der Waals surface area contributed by atoms with Crippen LogP contribution < -0.4 is 14.8 Å². The maximum absolute atomic E-state index is 12.7. The van der Waals surface area contributed by atoms with Gasteiger partial charge in [0, 0.05) is 41.2 Å². The highest BCUT2D eigenvalue weighted by Gasteiger charge is 2.39. The molecule has 0 fully saturated rings. The van der Waals surface area contributed by atoms with Crippen molar-refractivity contribution in [2.45, 2.75) is 58.1 Å². The number of fused-ring (bicyclic) bond motifs is 3. The molecule has 1 amide bonds. The number of nitrogens with one attached hydrogen (secondary N) is 1. The van der Waals surface area contributed by atoms with Gasteiger partial charge in [-0.15, -0.1) is 0 Å². The number of aromatic nitrogens is 1. The lowest BCUT2D eigenvalue weighted by molar-refractivity contribution is -0.115. The quantitative estimate of drug-likeness (QED) is 0.560. The highest BCUT2D eigenvalue weighted by atomic mass is 16.5. The van der Waals surface area contributed by atoms with Crippen molar-refractivity contribution < 1.29 is 14.3 Å². The highest BCUT2D eigenvalue weighted by Crippen LogP contribution is 2.47. The first kappa shape index (κ1) is 23.1. The van der Waals surface area contributed by atoms with Crippen molar-refractivity contribution in [1.29, 1.82) is 0 Å². The summed E-state index contributed by atoms with van der Waals surface area (Å²) in [5, 5.41) is 3.04. The van der Waals surface area contributed by atoms with Crippen LogP contribution in [0.4, 0.5) is 5.69 Å². The minimum absolute atomic E-state index is 0.0690. The Bertz CT molecular complexity index is 1330. The average Bonchev–Trinajstić information content (AvgIpc) is 3.12. The fraction of sp³-hybridized carbons (Fsp3) is 0.345. The molecule has 180 valence electrons. The molecule has 6 heteroatoms. The molecule has 1 N–H and O–H groups in total. The lowest BCUT2D eigenvalue weighted by Crippen LogP contribution is -2.30. The lowest BCUT2D eigenvalue weighted by atomic mass is 9.81. The van der Waals surface area contributed by atoms with Crippen LogP contribution in [-0.4, -0.2) is 34.9 Å². The molecule has 0 radical (unpaired) electrons.